The molecular weight excluding hydrogens is 445 g/mol. The molecule has 2 aliphatic rings. The van der Waals surface area contributed by atoms with Crippen LogP contribution in [0.25, 0.3) is 0 Å². The first-order valence-corrected chi connectivity index (χ1v) is 11.0. The van der Waals surface area contributed by atoms with Gasteiger partial charge in [0.25, 0.3) is 0 Å². The number of amides is 2. The zero-order chi connectivity index (χ0) is 23.3. The summed E-state index contributed by atoms with van der Waals surface area (Å²) in [7, 11) is 1.84. The van der Waals surface area contributed by atoms with E-state index >= 15 is 0 Å². The maximum Gasteiger partial charge on any atom is 0.416 e. The number of urea groups is 1. The topological polar surface area (TPSA) is 57.2 Å². The Kier molecular flexibility index (Phi) is 8.05. The number of rotatable bonds is 6. The van der Waals surface area contributed by atoms with Gasteiger partial charge in [0, 0.05) is 56.1 Å². The van der Waals surface area contributed by atoms with E-state index in [0.717, 1.165) is 24.3 Å². The second-order valence-corrected chi connectivity index (χ2v) is 8.44. The Morgan fingerprint density at radius 2 is 1.97 bits per heavy atom. The van der Waals surface area contributed by atoms with Crippen molar-refractivity contribution >= 4 is 24.3 Å². The Bertz CT molecular complexity index is 854. The van der Waals surface area contributed by atoms with Gasteiger partial charge in [-0.2, -0.15) is 13.2 Å². The van der Waals surface area contributed by atoms with Crippen LogP contribution in [-0.4, -0.2) is 61.9 Å². The van der Waals surface area contributed by atoms with Crippen LogP contribution in [-0.2, 0) is 17.5 Å². The molecule has 0 bridgehead atoms. The fraction of sp³-hybridized carbons (Fsp3) is 0.545. The number of nitrogens with zero attached hydrogens (tertiary/aromatic N) is 3. The number of alkyl halides is 3. The van der Waals surface area contributed by atoms with Crippen molar-refractivity contribution in [3.8, 4) is 0 Å². The molecule has 1 aromatic rings. The first-order valence-electron chi connectivity index (χ1n) is 10.6. The summed E-state index contributed by atoms with van der Waals surface area (Å²) in [5.41, 5.74) is 0.716. The molecule has 0 spiro atoms. The summed E-state index contributed by atoms with van der Waals surface area (Å²) in [6.07, 6.45) is -0.579. The quantitative estimate of drug-likeness (QED) is 0.618. The van der Waals surface area contributed by atoms with Gasteiger partial charge >= 0.3 is 12.2 Å². The summed E-state index contributed by atoms with van der Waals surface area (Å²) >= 11 is 6.00. The van der Waals surface area contributed by atoms with Crippen molar-refractivity contribution in [1.82, 2.24) is 15.1 Å². The van der Waals surface area contributed by atoms with Crippen LogP contribution in [0, 0.1) is 5.92 Å². The lowest BCUT2D eigenvalue weighted by atomic mass is 10.1. The van der Waals surface area contributed by atoms with Gasteiger partial charge < -0.3 is 19.9 Å². The number of benzene rings is 1. The Hall–Kier alpha value is -2.26. The van der Waals surface area contributed by atoms with E-state index < -0.39 is 11.7 Å². The molecule has 0 saturated carbocycles. The van der Waals surface area contributed by atoms with Crippen LogP contribution in [0.4, 0.5) is 18.0 Å². The minimum atomic E-state index is -4.43. The highest BCUT2D eigenvalue weighted by Gasteiger charge is 2.33. The molecular formula is C22H28ClF3N4O2. The first-order chi connectivity index (χ1) is 15.2. The lowest BCUT2D eigenvalue weighted by Crippen LogP contribution is -2.47. The van der Waals surface area contributed by atoms with Gasteiger partial charge in [-0.3, -0.25) is 4.99 Å². The predicted octanol–water partition coefficient (Wildman–Crippen LogP) is 4.54. The number of carbonyl (C=O) groups is 1. The summed E-state index contributed by atoms with van der Waals surface area (Å²) in [5.74, 6) is 0.226. The van der Waals surface area contributed by atoms with Gasteiger partial charge in [0.05, 0.1) is 18.3 Å². The second-order valence-electron chi connectivity index (χ2n) is 8.03. The minimum Gasteiger partial charge on any atom is -0.390 e. The fourth-order valence-corrected chi connectivity index (χ4v) is 4.36. The average Bonchev–Trinajstić information content (AvgIpc) is 3.26. The van der Waals surface area contributed by atoms with Crippen LogP contribution in [0.1, 0.15) is 30.4 Å². The average molecular weight is 473 g/mol. The van der Waals surface area contributed by atoms with Crippen LogP contribution in [0.15, 0.2) is 35.1 Å². The molecule has 2 aliphatic heterocycles. The third kappa shape index (κ3) is 5.95. The maximum absolute atomic E-state index is 12.9. The number of aliphatic imine (C=N–C) groups is 1. The highest BCUT2D eigenvalue weighted by molar-refractivity contribution is 6.31. The van der Waals surface area contributed by atoms with Gasteiger partial charge in [-0.05, 0) is 43.7 Å². The molecule has 0 aliphatic carbocycles. The number of ether oxygens (including phenoxy) is 1. The standard InChI is InChI=1S/C22H28ClF3N4O2/c1-27-12-20(28-2)15-5-8-30(13-15)21(31)29-9-6-18(7-10-29)32-14-16-3-4-17(11-19(16)23)22(24,25)26/h3-4,11-12,15,18,28H,1,5-10,13-14H2,2H3/b20-12-/t15-/m1/s1. The molecule has 1 aromatic carbocycles. The van der Waals surface area contributed by atoms with Crippen molar-refractivity contribution in [2.45, 2.75) is 38.1 Å². The summed E-state index contributed by atoms with van der Waals surface area (Å²) < 4.78 is 44.2. The Labute approximate surface area is 191 Å². The first kappa shape index (κ1) is 24.4. The van der Waals surface area contributed by atoms with Crippen molar-refractivity contribution in [3.05, 3.63) is 46.2 Å². The SMILES string of the molecule is C=N/C=C(\NC)[C@@H]1CCN(C(=O)N2CCC(OCc3ccc(C(F)(F)F)cc3Cl)CC2)C1. The molecule has 2 heterocycles. The molecule has 1 N–H and O–H groups in total. The van der Waals surface area contributed by atoms with E-state index in [2.05, 4.69) is 17.0 Å². The molecule has 0 aromatic heterocycles. The highest BCUT2D eigenvalue weighted by atomic mass is 35.5. The minimum absolute atomic E-state index is 0.0266. The van der Waals surface area contributed by atoms with Crippen LogP contribution in [0.3, 0.4) is 0 Å². The second kappa shape index (κ2) is 10.6. The molecule has 176 valence electrons. The number of carbonyl (C=O) groups excluding carboxylic acids is 1. The van der Waals surface area contributed by atoms with Gasteiger partial charge in [-0.1, -0.05) is 17.7 Å². The maximum atomic E-state index is 12.9. The molecule has 0 unspecified atom stereocenters. The third-order valence-electron chi connectivity index (χ3n) is 5.99. The molecule has 32 heavy (non-hydrogen) atoms. The van der Waals surface area contributed by atoms with Gasteiger partial charge in [0.15, 0.2) is 0 Å². The highest BCUT2D eigenvalue weighted by Crippen LogP contribution is 2.32. The molecule has 0 radical (unpaired) electrons. The number of hydrogen-bond donors (Lipinski definition) is 1. The van der Waals surface area contributed by atoms with E-state index in [-0.39, 0.29) is 29.7 Å². The largest absolute Gasteiger partial charge is 0.416 e. The smallest absolute Gasteiger partial charge is 0.390 e. The lowest BCUT2D eigenvalue weighted by molar-refractivity contribution is -0.137. The molecule has 6 nitrogen and oxygen atoms in total. The van der Waals surface area contributed by atoms with Gasteiger partial charge in [0.1, 0.15) is 0 Å². The zero-order valence-electron chi connectivity index (χ0n) is 18.0. The molecule has 3 rings (SSSR count). The Morgan fingerprint density at radius 1 is 1.28 bits per heavy atom. The van der Waals surface area contributed by atoms with E-state index in [4.69, 9.17) is 16.3 Å². The van der Waals surface area contributed by atoms with Crippen molar-refractivity contribution in [1.29, 1.82) is 0 Å². The zero-order valence-corrected chi connectivity index (χ0v) is 18.8. The van der Waals surface area contributed by atoms with Crippen molar-refractivity contribution in [2.75, 3.05) is 33.2 Å². The van der Waals surface area contributed by atoms with E-state index in [0.29, 0.717) is 44.6 Å². The van der Waals surface area contributed by atoms with Crippen LogP contribution < -0.4 is 5.32 Å². The number of halogens is 4. The van der Waals surface area contributed by atoms with E-state index in [1.54, 1.807) is 6.20 Å². The summed E-state index contributed by atoms with van der Waals surface area (Å²) in [4.78, 5) is 20.4. The number of nitrogens with one attached hydrogen (secondary N) is 1. The lowest BCUT2D eigenvalue weighted by Gasteiger charge is -2.34. The number of piperidine rings is 1. The molecule has 2 saturated heterocycles. The Morgan fingerprint density at radius 3 is 2.56 bits per heavy atom. The van der Waals surface area contributed by atoms with E-state index in [1.165, 1.54) is 6.07 Å². The fourth-order valence-electron chi connectivity index (χ4n) is 4.12. The predicted molar refractivity (Wildman–Crippen MR) is 118 cm³/mol. The normalized spacial score (nSPS) is 20.5. The molecule has 1 atom stereocenters. The van der Waals surface area contributed by atoms with Gasteiger partial charge in [-0.25, -0.2) is 4.79 Å². The number of hydrogen-bond acceptors (Lipinski definition) is 4. The van der Waals surface area contributed by atoms with Crippen molar-refractivity contribution in [3.63, 3.8) is 0 Å². The van der Waals surface area contributed by atoms with E-state index in [9.17, 15) is 18.0 Å². The Balaban J connectivity index is 1.46. The molecule has 10 heteroatoms. The monoisotopic (exact) mass is 472 g/mol. The third-order valence-corrected chi connectivity index (χ3v) is 6.34. The van der Waals surface area contributed by atoms with Crippen molar-refractivity contribution < 1.29 is 22.7 Å². The van der Waals surface area contributed by atoms with Gasteiger partial charge in [0.2, 0.25) is 0 Å². The summed E-state index contributed by atoms with van der Waals surface area (Å²) in [6.45, 7) is 6.12. The van der Waals surface area contributed by atoms with Gasteiger partial charge in [-0.15, -0.1) is 0 Å². The number of likely N-dealkylation sites (tertiary alicyclic amines) is 2. The molecule has 2 amide bonds. The van der Waals surface area contributed by atoms with Crippen LogP contribution in [0.5, 0.6) is 0 Å². The van der Waals surface area contributed by atoms with Crippen LogP contribution in [0.2, 0.25) is 5.02 Å². The van der Waals surface area contributed by atoms with Crippen LogP contribution >= 0.6 is 11.6 Å². The molecule has 2 fully saturated rings. The summed E-state index contributed by atoms with van der Waals surface area (Å²) in [6, 6.07) is 3.31. The van der Waals surface area contributed by atoms with Crippen molar-refractivity contribution in [2.24, 2.45) is 10.9 Å². The summed E-state index contributed by atoms with van der Waals surface area (Å²) in [5, 5.41) is 3.17. The van der Waals surface area contributed by atoms with E-state index in [1.807, 2.05) is 16.8 Å².